The Morgan fingerprint density at radius 2 is 1.41 bits per heavy atom. The molecule has 0 spiro atoms. The van der Waals surface area contributed by atoms with E-state index in [1.807, 2.05) is 0 Å². The summed E-state index contributed by atoms with van der Waals surface area (Å²) in [6.45, 7) is 1.80. The van der Waals surface area contributed by atoms with Crippen molar-refractivity contribution in [2.75, 3.05) is 6.61 Å². The van der Waals surface area contributed by atoms with Gasteiger partial charge in [0.05, 0.1) is 0 Å². The summed E-state index contributed by atoms with van der Waals surface area (Å²) in [6, 6.07) is 0. The smallest absolute Gasteiger partial charge is 0.343 e. The van der Waals surface area contributed by atoms with Crippen molar-refractivity contribution in [3.05, 3.63) is 0 Å². The fourth-order valence-electron chi connectivity index (χ4n) is 3.41. The third-order valence-corrected chi connectivity index (χ3v) is 5.27. The van der Waals surface area contributed by atoms with Gasteiger partial charge in [0.1, 0.15) is 12.7 Å². The molecule has 1 rings (SSSR count). The van der Waals surface area contributed by atoms with Crippen LogP contribution in [0.3, 0.4) is 0 Å². The standard InChI is InChI=1S/C22H38O7/c1-2-3-4-5-6-7-8-9-10-11-12-13-14-15-18(24)28-16-17(23)21-19(25)20(26)22(27)29-21/h17,20-21,23,26H,2-16H2,1H3/t17-,20?,21?/m0/s1. The lowest BCUT2D eigenvalue weighted by Crippen LogP contribution is -2.38. The van der Waals surface area contributed by atoms with E-state index in [1.54, 1.807) is 0 Å². The number of ether oxygens (including phenoxy) is 2. The van der Waals surface area contributed by atoms with Crippen LogP contribution in [-0.2, 0) is 23.9 Å². The monoisotopic (exact) mass is 414 g/mol. The molecule has 1 heterocycles. The molecule has 0 bridgehead atoms. The van der Waals surface area contributed by atoms with Crippen LogP contribution >= 0.6 is 0 Å². The van der Waals surface area contributed by atoms with E-state index in [2.05, 4.69) is 11.7 Å². The van der Waals surface area contributed by atoms with Gasteiger partial charge in [0, 0.05) is 6.42 Å². The molecule has 3 atom stereocenters. The molecule has 1 saturated heterocycles. The van der Waals surface area contributed by atoms with Gasteiger partial charge in [-0.05, 0) is 6.42 Å². The molecule has 1 fully saturated rings. The van der Waals surface area contributed by atoms with Crippen molar-refractivity contribution in [2.45, 2.75) is 115 Å². The number of rotatable bonds is 17. The van der Waals surface area contributed by atoms with Crippen molar-refractivity contribution in [1.29, 1.82) is 0 Å². The van der Waals surface area contributed by atoms with Gasteiger partial charge in [0.15, 0.2) is 6.10 Å². The van der Waals surface area contributed by atoms with Crippen molar-refractivity contribution >= 4 is 17.7 Å². The molecule has 1 aliphatic rings. The number of hydrogen-bond donors (Lipinski definition) is 2. The number of hydrogen-bond acceptors (Lipinski definition) is 7. The van der Waals surface area contributed by atoms with Crippen LogP contribution in [0.1, 0.15) is 96.8 Å². The maximum absolute atomic E-state index is 11.7. The Labute approximate surface area is 174 Å². The van der Waals surface area contributed by atoms with Crippen molar-refractivity contribution < 1.29 is 34.1 Å². The molecule has 0 aliphatic carbocycles. The Kier molecular flexibility index (Phi) is 13.6. The van der Waals surface area contributed by atoms with E-state index >= 15 is 0 Å². The van der Waals surface area contributed by atoms with Gasteiger partial charge >= 0.3 is 11.9 Å². The number of aliphatic hydroxyl groups is 2. The third-order valence-electron chi connectivity index (χ3n) is 5.27. The van der Waals surface area contributed by atoms with Crippen LogP contribution < -0.4 is 0 Å². The number of carbonyl (C=O) groups is 3. The fraction of sp³-hybridized carbons (Fsp3) is 0.864. The first-order valence-electron chi connectivity index (χ1n) is 11.2. The SMILES string of the molecule is CCCCCCCCCCCCCCCC(=O)OC[C@H](O)C1OC(=O)C(O)C1=O. The predicted molar refractivity (Wildman–Crippen MR) is 108 cm³/mol. The maximum Gasteiger partial charge on any atom is 0.343 e. The normalized spacial score (nSPS) is 20.0. The van der Waals surface area contributed by atoms with Gasteiger partial charge in [-0.1, -0.05) is 84.0 Å². The first-order valence-corrected chi connectivity index (χ1v) is 11.2. The molecule has 0 aromatic rings. The van der Waals surface area contributed by atoms with Crippen LogP contribution in [0.15, 0.2) is 0 Å². The number of carbonyl (C=O) groups excluding carboxylic acids is 3. The first kappa shape index (κ1) is 25.6. The number of aliphatic hydroxyl groups excluding tert-OH is 2. The molecule has 2 N–H and O–H groups in total. The van der Waals surface area contributed by atoms with Crippen LogP contribution in [0.2, 0.25) is 0 Å². The number of unbranched alkanes of at least 4 members (excludes halogenated alkanes) is 12. The van der Waals surface area contributed by atoms with Gasteiger partial charge < -0.3 is 19.7 Å². The second kappa shape index (κ2) is 15.4. The molecule has 2 unspecified atom stereocenters. The largest absolute Gasteiger partial charge is 0.463 e. The zero-order valence-corrected chi connectivity index (χ0v) is 17.8. The molecule has 1 aliphatic heterocycles. The van der Waals surface area contributed by atoms with Crippen LogP contribution in [-0.4, -0.2) is 52.9 Å². The van der Waals surface area contributed by atoms with Gasteiger partial charge in [0.25, 0.3) is 0 Å². The van der Waals surface area contributed by atoms with Crippen LogP contribution in [0.25, 0.3) is 0 Å². The summed E-state index contributed by atoms with van der Waals surface area (Å²) in [5, 5.41) is 19.0. The summed E-state index contributed by atoms with van der Waals surface area (Å²) in [4.78, 5) is 34.3. The topological polar surface area (TPSA) is 110 Å². The summed E-state index contributed by atoms with van der Waals surface area (Å²) in [7, 11) is 0. The molecular formula is C22H38O7. The van der Waals surface area contributed by atoms with E-state index in [-0.39, 0.29) is 6.42 Å². The van der Waals surface area contributed by atoms with E-state index in [0.29, 0.717) is 0 Å². The Hall–Kier alpha value is -1.47. The lowest BCUT2D eigenvalue weighted by atomic mass is 10.0. The van der Waals surface area contributed by atoms with Gasteiger partial charge in [0.2, 0.25) is 11.9 Å². The van der Waals surface area contributed by atoms with Crippen LogP contribution in [0.5, 0.6) is 0 Å². The highest BCUT2D eigenvalue weighted by Gasteiger charge is 2.46. The third kappa shape index (κ3) is 10.8. The molecule has 7 nitrogen and oxygen atoms in total. The minimum absolute atomic E-state index is 0.255. The number of Topliss-reactive ketones (excluding diaryl/α,β-unsaturated/α-hetero) is 1. The average Bonchev–Trinajstić information content (AvgIpc) is 2.97. The van der Waals surface area contributed by atoms with Gasteiger partial charge in [-0.3, -0.25) is 9.59 Å². The van der Waals surface area contributed by atoms with Crippen LogP contribution in [0.4, 0.5) is 0 Å². The quantitative estimate of drug-likeness (QED) is 0.214. The summed E-state index contributed by atoms with van der Waals surface area (Å²) in [5.74, 6) is -2.45. The molecule has 0 aromatic carbocycles. The van der Waals surface area contributed by atoms with E-state index in [4.69, 9.17) is 4.74 Å². The Bertz CT molecular complexity index is 492. The summed E-state index contributed by atoms with van der Waals surface area (Å²) in [6.07, 6.45) is 11.3. The number of esters is 2. The van der Waals surface area contributed by atoms with Crippen molar-refractivity contribution in [2.24, 2.45) is 0 Å². The van der Waals surface area contributed by atoms with Crippen LogP contribution in [0, 0.1) is 0 Å². The highest BCUT2D eigenvalue weighted by atomic mass is 16.6. The molecule has 29 heavy (non-hydrogen) atoms. The zero-order valence-electron chi connectivity index (χ0n) is 17.8. The van der Waals surface area contributed by atoms with E-state index in [9.17, 15) is 24.6 Å². The molecule has 7 heteroatoms. The summed E-state index contributed by atoms with van der Waals surface area (Å²) < 4.78 is 9.51. The molecule has 0 saturated carbocycles. The highest BCUT2D eigenvalue weighted by molar-refractivity contribution is 6.09. The molecule has 0 aromatic heterocycles. The lowest BCUT2D eigenvalue weighted by Gasteiger charge is -2.15. The summed E-state index contributed by atoms with van der Waals surface area (Å²) in [5.41, 5.74) is 0. The minimum atomic E-state index is -1.86. The Morgan fingerprint density at radius 1 is 0.931 bits per heavy atom. The van der Waals surface area contributed by atoms with E-state index in [0.717, 1.165) is 19.3 Å². The Morgan fingerprint density at radius 3 is 1.86 bits per heavy atom. The second-order valence-corrected chi connectivity index (χ2v) is 7.91. The van der Waals surface area contributed by atoms with Gasteiger partial charge in [-0.2, -0.15) is 0 Å². The van der Waals surface area contributed by atoms with Crippen molar-refractivity contribution in [1.82, 2.24) is 0 Å². The fourth-order valence-corrected chi connectivity index (χ4v) is 3.41. The maximum atomic E-state index is 11.7. The lowest BCUT2D eigenvalue weighted by molar-refractivity contribution is -0.156. The van der Waals surface area contributed by atoms with Gasteiger partial charge in [-0.25, -0.2) is 4.79 Å². The average molecular weight is 415 g/mol. The Balaban J connectivity index is 1.92. The zero-order chi connectivity index (χ0) is 21.5. The molecule has 0 radical (unpaired) electrons. The highest BCUT2D eigenvalue weighted by Crippen LogP contribution is 2.16. The van der Waals surface area contributed by atoms with Crippen molar-refractivity contribution in [3.63, 3.8) is 0 Å². The molecule has 0 amide bonds. The number of ketones is 1. The molecule has 168 valence electrons. The first-order chi connectivity index (χ1) is 14.0. The number of cyclic esters (lactones) is 1. The second-order valence-electron chi connectivity index (χ2n) is 7.91. The minimum Gasteiger partial charge on any atom is -0.463 e. The van der Waals surface area contributed by atoms with Crippen molar-refractivity contribution in [3.8, 4) is 0 Å². The molecular weight excluding hydrogens is 376 g/mol. The summed E-state index contributed by atoms with van der Waals surface area (Å²) >= 11 is 0. The van der Waals surface area contributed by atoms with E-state index in [1.165, 1.54) is 64.2 Å². The van der Waals surface area contributed by atoms with E-state index < -0.39 is 42.6 Å². The van der Waals surface area contributed by atoms with Gasteiger partial charge in [-0.15, -0.1) is 0 Å². The predicted octanol–water partition coefficient (Wildman–Crippen LogP) is 3.23.